The average Bonchev–Trinajstić information content (AvgIpc) is 3.15. The first-order valence-electron chi connectivity index (χ1n) is 10.4. The number of ether oxygens (including phenoxy) is 3. The van der Waals surface area contributed by atoms with Crippen molar-refractivity contribution in [3.8, 4) is 0 Å². The van der Waals surface area contributed by atoms with Crippen LogP contribution in [0.5, 0.6) is 0 Å². The first-order valence-corrected chi connectivity index (χ1v) is 10.4. The number of methoxy groups -OCH3 is 2. The highest BCUT2D eigenvalue weighted by Gasteiger charge is 2.50. The lowest BCUT2D eigenvalue weighted by molar-refractivity contribution is -0.153. The molecule has 0 amide bonds. The summed E-state index contributed by atoms with van der Waals surface area (Å²) in [6.45, 7) is 2.67. The Labute approximate surface area is 175 Å². The molecule has 7 nitrogen and oxygen atoms in total. The third-order valence-corrected chi connectivity index (χ3v) is 7.10. The number of rotatable bonds is 2. The maximum Gasteiger partial charge on any atom is 0.337 e. The van der Waals surface area contributed by atoms with Gasteiger partial charge < -0.3 is 19.2 Å². The van der Waals surface area contributed by atoms with Crippen LogP contribution in [0.15, 0.2) is 36.1 Å². The second kappa shape index (κ2) is 7.16. The monoisotopic (exact) mass is 410 g/mol. The molecule has 158 valence electrons. The maximum absolute atomic E-state index is 12.8. The highest BCUT2D eigenvalue weighted by molar-refractivity contribution is 5.89. The van der Waals surface area contributed by atoms with Gasteiger partial charge in [0, 0.05) is 41.4 Å². The normalized spacial score (nSPS) is 30.4. The van der Waals surface area contributed by atoms with E-state index in [1.54, 1.807) is 6.26 Å². The molecule has 1 saturated heterocycles. The van der Waals surface area contributed by atoms with Crippen LogP contribution in [-0.2, 0) is 30.2 Å². The third kappa shape index (κ3) is 2.75. The van der Waals surface area contributed by atoms with Gasteiger partial charge in [-0.05, 0) is 25.0 Å². The average molecular weight is 410 g/mol. The van der Waals surface area contributed by atoms with E-state index >= 15 is 0 Å². The summed E-state index contributed by atoms with van der Waals surface area (Å²) in [6, 6.07) is 7.82. The Morgan fingerprint density at radius 1 is 1.20 bits per heavy atom. The van der Waals surface area contributed by atoms with E-state index in [4.69, 9.17) is 14.2 Å². The number of H-pyrrole nitrogens is 1. The molecule has 1 fully saturated rings. The van der Waals surface area contributed by atoms with Crippen LogP contribution in [0.4, 0.5) is 0 Å². The standard InChI is InChI=1S/C23H26N2O5/c1-12-16-10-25-19(8-14(16)17(11-30-12)22(26)28-2)21-15(9-20(25)23(27)29-3)13-6-4-5-7-18(13)24-21/h4-7,11-12,14,16,19-20,24H,8-10H2,1-3H3/t12-,14-,16+,19+,20-/m0/s1. The molecule has 7 heteroatoms. The molecule has 0 radical (unpaired) electrons. The Morgan fingerprint density at radius 3 is 2.77 bits per heavy atom. The van der Waals surface area contributed by atoms with Crippen molar-refractivity contribution < 1.29 is 23.8 Å². The number of hydrogen-bond donors (Lipinski definition) is 1. The largest absolute Gasteiger partial charge is 0.497 e. The number of fused-ring (bicyclic) bond motifs is 6. The second-order valence-corrected chi connectivity index (χ2v) is 8.43. The molecule has 4 heterocycles. The van der Waals surface area contributed by atoms with Gasteiger partial charge >= 0.3 is 11.9 Å². The van der Waals surface area contributed by atoms with E-state index in [1.807, 2.05) is 19.1 Å². The van der Waals surface area contributed by atoms with Gasteiger partial charge in [0.2, 0.25) is 0 Å². The van der Waals surface area contributed by atoms with Gasteiger partial charge in [-0.2, -0.15) is 0 Å². The quantitative estimate of drug-likeness (QED) is 0.767. The van der Waals surface area contributed by atoms with Gasteiger partial charge in [-0.1, -0.05) is 18.2 Å². The number of para-hydroxylation sites is 1. The van der Waals surface area contributed by atoms with E-state index in [1.165, 1.54) is 19.8 Å². The molecule has 1 aromatic carbocycles. The Kier molecular flexibility index (Phi) is 4.58. The molecule has 1 aromatic heterocycles. The van der Waals surface area contributed by atoms with E-state index < -0.39 is 0 Å². The van der Waals surface area contributed by atoms with Gasteiger partial charge in [0.25, 0.3) is 0 Å². The third-order valence-electron chi connectivity index (χ3n) is 7.10. The number of hydrogen-bond acceptors (Lipinski definition) is 6. The van der Waals surface area contributed by atoms with Gasteiger partial charge in [-0.25, -0.2) is 4.79 Å². The predicted octanol–water partition coefficient (Wildman–Crippen LogP) is 2.72. The SMILES string of the molecule is COC(=O)C1=CO[C@@H](C)[C@H]2CN3[C@H](C[C@H]12)c1[nH]c2ccccc2c1C[C@H]3C(=O)OC. The predicted molar refractivity (Wildman–Crippen MR) is 109 cm³/mol. The highest BCUT2D eigenvalue weighted by Crippen LogP contribution is 2.49. The lowest BCUT2D eigenvalue weighted by Gasteiger charge is -2.51. The summed E-state index contributed by atoms with van der Waals surface area (Å²) in [5.74, 6) is -0.457. The second-order valence-electron chi connectivity index (χ2n) is 8.43. The smallest absolute Gasteiger partial charge is 0.337 e. The minimum atomic E-state index is -0.354. The Hall–Kier alpha value is -2.80. The topological polar surface area (TPSA) is 80.9 Å². The molecular weight excluding hydrogens is 384 g/mol. The lowest BCUT2D eigenvalue weighted by Crippen LogP contribution is -2.57. The zero-order valence-electron chi connectivity index (χ0n) is 17.4. The van der Waals surface area contributed by atoms with E-state index in [9.17, 15) is 9.59 Å². The highest BCUT2D eigenvalue weighted by atomic mass is 16.5. The van der Waals surface area contributed by atoms with Crippen LogP contribution in [0, 0.1) is 11.8 Å². The number of piperidine rings is 1. The van der Waals surface area contributed by atoms with Crippen LogP contribution in [0.25, 0.3) is 10.9 Å². The summed E-state index contributed by atoms with van der Waals surface area (Å²) in [5.41, 5.74) is 3.96. The zero-order valence-corrected chi connectivity index (χ0v) is 17.4. The van der Waals surface area contributed by atoms with Crippen LogP contribution in [0.2, 0.25) is 0 Å². The van der Waals surface area contributed by atoms with Crippen molar-refractivity contribution in [3.63, 3.8) is 0 Å². The number of nitrogens with zero attached hydrogens (tertiary/aromatic N) is 1. The van der Waals surface area contributed by atoms with Crippen LogP contribution >= 0.6 is 0 Å². The van der Waals surface area contributed by atoms with Crippen LogP contribution < -0.4 is 0 Å². The van der Waals surface area contributed by atoms with Crippen LogP contribution in [0.3, 0.4) is 0 Å². The zero-order chi connectivity index (χ0) is 21.0. The molecule has 0 bridgehead atoms. The molecule has 3 aliphatic heterocycles. The number of nitrogens with one attached hydrogen (secondary N) is 1. The van der Waals surface area contributed by atoms with Gasteiger partial charge in [-0.15, -0.1) is 0 Å². The van der Waals surface area contributed by atoms with Crippen molar-refractivity contribution in [2.24, 2.45) is 11.8 Å². The number of carbonyl (C=O) groups excluding carboxylic acids is 2. The molecule has 5 rings (SSSR count). The van der Waals surface area contributed by atoms with Gasteiger partial charge in [0.15, 0.2) is 0 Å². The van der Waals surface area contributed by atoms with Crippen molar-refractivity contribution >= 4 is 22.8 Å². The van der Waals surface area contributed by atoms with Gasteiger partial charge in [-0.3, -0.25) is 9.69 Å². The summed E-state index contributed by atoms with van der Waals surface area (Å²) < 4.78 is 16.0. The molecule has 0 saturated carbocycles. The Bertz CT molecular complexity index is 1040. The number of aromatic nitrogens is 1. The lowest BCUT2D eigenvalue weighted by atomic mass is 9.71. The number of aromatic amines is 1. The van der Waals surface area contributed by atoms with Crippen LogP contribution in [-0.4, -0.2) is 54.7 Å². The number of carbonyl (C=O) groups is 2. The maximum atomic E-state index is 12.8. The van der Waals surface area contributed by atoms with E-state index in [-0.39, 0.29) is 42.0 Å². The first kappa shape index (κ1) is 19.2. The van der Waals surface area contributed by atoms with E-state index in [0.717, 1.165) is 16.6 Å². The molecule has 1 N–H and O–H groups in total. The van der Waals surface area contributed by atoms with Gasteiger partial charge in [0.1, 0.15) is 6.04 Å². The fourth-order valence-electron chi connectivity index (χ4n) is 5.59. The van der Waals surface area contributed by atoms with E-state index in [0.29, 0.717) is 25.0 Å². The molecule has 0 spiro atoms. The molecule has 30 heavy (non-hydrogen) atoms. The van der Waals surface area contributed by atoms with Crippen molar-refractivity contribution in [1.82, 2.24) is 9.88 Å². The fourth-order valence-corrected chi connectivity index (χ4v) is 5.59. The molecule has 2 aromatic rings. The van der Waals surface area contributed by atoms with Crippen LogP contribution in [0.1, 0.15) is 30.6 Å². The van der Waals surface area contributed by atoms with Crippen molar-refractivity contribution in [2.45, 2.75) is 38.0 Å². The van der Waals surface area contributed by atoms with Crippen molar-refractivity contribution in [3.05, 3.63) is 47.4 Å². The summed E-state index contributed by atoms with van der Waals surface area (Å²) in [4.78, 5) is 31.0. The summed E-state index contributed by atoms with van der Waals surface area (Å²) >= 11 is 0. The summed E-state index contributed by atoms with van der Waals surface area (Å²) in [6.07, 6.45) is 2.84. The summed E-state index contributed by atoms with van der Waals surface area (Å²) in [7, 11) is 2.84. The van der Waals surface area contributed by atoms with Gasteiger partial charge in [0.05, 0.1) is 38.2 Å². The van der Waals surface area contributed by atoms with Crippen molar-refractivity contribution in [1.29, 1.82) is 0 Å². The molecule has 3 aliphatic rings. The van der Waals surface area contributed by atoms with E-state index in [2.05, 4.69) is 22.0 Å². The molecule has 0 unspecified atom stereocenters. The Morgan fingerprint density at radius 2 is 2.00 bits per heavy atom. The molecule has 5 atom stereocenters. The number of esters is 2. The summed E-state index contributed by atoms with van der Waals surface area (Å²) in [5, 5.41) is 1.15. The number of benzene rings is 1. The molecular formula is C23H26N2O5. The van der Waals surface area contributed by atoms with Crippen molar-refractivity contribution in [2.75, 3.05) is 20.8 Å². The molecule has 0 aliphatic carbocycles. The Balaban J connectivity index is 1.61. The first-order chi connectivity index (χ1) is 14.5. The fraction of sp³-hybridized carbons (Fsp3) is 0.478. The minimum Gasteiger partial charge on any atom is -0.497 e. The minimum absolute atomic E-state index is 0.00939.